The van der Waals surface area contributed by atoms with E-state index in [1.54, 1.807) is 0 Å². The van der Waals surface area contributed by atoms with Crippen LogP contribution in [0.1, 0.15) is 40.5 Å². The summed E-state index contributed by atoms with van der Waals surface area (Å²) in [5, 5.41) is 9.51. The molecule has 0 spiro atoms. The van der Waals surface area contributed by atoms with E-state index in [1.807, 2.05) is 11.3 Å². The van der Waals surface area contributed by atoms with Crippen molar-refractivity contribution in [3.63, 3.8) is 0 Å². The molecule has 8 heteroatoms. The molecule has 3 aromatic rings. The van der Waals surface area contributed by atoms with Gasteiger partial charge >= 0.3 is 0 Å². The minimum Gasteiger partial charge on any atom is -0.370 e. The fourth-order valence-corrected chi connectivity index (χ4v) is 5.92. The van der Waals surface area contributed by atoms with E-state index in [0.717, 1.165) is 76.1 Å². The second kappa shape index (κ2) is 8.61. The Labute approximate surface area is 181 Å². The molecule has 2 aliphatic rings. The Kier molecular flexibility index (Phi) is 5.71. The number of morpholine rings is 1. The smallest absolute Gasteiger partial charge is 0.187 e. The number of nitrogens with zero attached hydrogens (tertiary/aromatic N) is 4. The highest BCUT2D eigenvalue weighted by Gasteiger charge is 2.24. The lowest BCUT2D eigenvalue weighted by Gasteiger charge is -2.23. The maximum absolute atomic E-state index is 5.51. The number of fused-ring (bicyclic) bond motifs is 3. The Morgan fingerprint density at radius 3 is 2.87 bits per heavy atom. The zero-order chi connectivity index (χ0) is 20.5. The van der Waals surface area contributed by atoms with Crippen LogP contribution in [-0.2, 0) is 30.7 Å². The van der Waals surface area contributed by atoms with Crippen LogP contribution in [0.25, 0.3) is 10.2 Å². The van der Waals surface area contributed by atoms with Crippen LogP contribution in [0.2, 0.25) is 0 Å². The molecule has 0 saturated carbocycles. The fourth-order valence-electron chi connectivity index (χ4n) is 4.64. The highest BCUT2D eigenvalue weighted by molar-refractivity contribution is 7.19. The number of anilines is 1. The molecule has 0 unspecified atom stereocenters. The first-order valence-electron chi connectivity index (χ1n) is 11.1. The molecule has 0 bridgehead atoms. The van der Waals surface area contributed by atoms with Gasteiger partial charge in [-0.1, -0.05) is 0 Å². The summed E-state index contributed by atoms with van der Waals surface area (Å²) >= 11 is 1.88. The third-order valence-electron chi connectivity index (χ3n) is 6.16. The maximum Gasteiger partial charge on any atom is 0.187 e. The summed E-state index contributed by atoms with van der Waals surface area (Å²) in [6.45, 7) is 10.6. The molecule has 7 nitrogen and oxygen atoms in total. The first kappa shape index (κ1) is 19.9. The van der Waals surface area contributed by atoms with Gasteiger partial charge in [-0.3, -0.25) is 4.68 Å². The van der Waals surface area contributed by atoms with Crippen LogP contribution in [0, 0.1) is 13.8 Å². The predicted octanol–water partition coefficient (Wildman–Crippen LogP) is 1.91. The number of thiophene rings is 1. The van der Waals surface area contributed by atoms with Gasteiger partial charge in [-0.2, -0.15) is 5.10 Å². The molecule has 2 N–H and O–H groups in total. The third-order valence-corrected chi connectivity index (χ3v) is 7.35. The first-order chi connectivity index (χ1) is 14.7. The standard InChI is InChI=1S/C22H30N6OS/c1-15-13-16(2)28(26-15)8-4-7-23-21-20-17-5-3-6-18(17)30-22(20)25-19(24-21)14-27-9-11-29-12-10-27/h13H,3-12,14H2,1-2H3,(H,23,24,25)/p+1. The van der Waals surface area contributed by atoms with E-state index < -0.39 is 0 Å². The molecule has 0 aromatic carbocycles. The molecule has 30 heavy (non-hydrogen) atoms. The van der Waals surface area contributed by atoms with Crippen LogP contribution in [0.3, 0.4) is 0 Å². The molecule has 160 valence electrons. The van der Waals surface area contributed by atoms with Gasteiger partial charge in [0, 0.05) is 23.7 Å². The van der Waals surface area contributed by atoms with Crippen LogP contribution >= 0.6 is 11.3 Å². The second-order valence-electron chi connectivity index (χ2n) is 8.50. The largest absolute Gasteiger partial charge is 0.370 e. The summed E-state index contributed by atoms with van der Waals surface area (Å²) < 4.78 is 7.60. The van der Waals surface area contributed by atoms with Crippen molar-refractivity contribution < 1.29 is 9.64 Å². The minimum atomic E-state index is 0.836. The summed E-state index contributed by atoms with van der Waals surface area (Å²) in [4.78, 5) is 14.2. The van der Waals surface area contributed by atoms with Crippen molar-refractivity contribution in [1.82, 2.24) is 19.7 Å². The summed E-state index contributed by atoms with van der Waals surface area (Å²) in [6.07, 6.45) is 4.63. The van der Waals surface area contributed by atoms with E-state index in [4.69, 9.17) is 14.7 Å². The maximum atomic E-state index is 5.51. The van der Waals surface area contributed by atoms with Gasteiger partial charge in [0.1, 0.15) is 30.3 Å². The van der Waals surface area contributed by atoms with Gasteiger partial charge in [-0.15, -0.1) is 11.3 Å². The van der Waals surface area contributed by atoms with Crippen LogP contribution in [-0.4, -0.2) is 52.6 Å². The molecule has 1 aliphatic heterocycles. The Bertz CT molecular complexity index is 1040. The monoisotopic (exact) mass is 427 g/mol. The molecule has 1 aliphatic carbocycles. The van der Waals surface area contributed by atoms with Crippen molar-refractivity contribution in [3.05, 3.63) is 33.7 Å². The Balaban J connectivity index is 1.34. The van der Waals surface area contributed by atoms with Crippen molar-refractivity contribution >= 4 is 27.4 Å². The number of ether oxygens (including phenoxy) is 1. The predicted molar refractivity (Wildman–Crippen MR) is 119 cm³/mol. The van der Waals surface area contributed by atoms with E-state index in [9.17, 15) is 0 Å². The van der Waals surface area contributed by atoms with Crippen molar-refractivity contribution in [2.75, 3.05) is 38.2 Å². The fraction of sp³-hybridized carbons (Fsp3) is 0.591. The Morgan fingerprint density at radius 1 is 1.20 bits per heavy atom. The highest BCUT2D eigenvalue weighted by Crippen LogP contribution is 2.39. The molecule has 4 heterocycles. The van der Waals surface area contributed by atoms with Gasteiger partial charge in [-0.05, 0) is 51.2 Å². The van der Waals surface area contributed by atoms with E-state index in [1.165, 1.54) is 44.1 Å². The molecule has 0 radical (unpaired) electrons. The van der Waals surface area contributed by atoms with Crippen LogP contribution in [0.5, 0.6) is 0 Å². The first-order valence-corrected chi connectivity index (χ1v) is 12.0. The Morgan fingerprint density at radius 2 is 2.07 bits per heavy atom. The van der Waals surface area contributed by atoms with E-state index in [0.29, 0.717) is 0 Å². The Hall–Kier alpha value is -2.03. The van der Waals surface area contributed by atoms with Gasteiger partial charge in [0.05, 0.1) is 24.3 Å². The van der Waals surface area contributed by atoms with E-state index in [-0.39, 0.29) is 0 Å². The second-order valence-corrected chi connectivity index (χ2v) is 9.58. The molecular weight excluding hydrogens is 396 g/mol. The number of quaternary nitrogens is 1. The molecule has 0 atom stereocenters. The van der Waals surface area contributed by atoms with Gasteiger partial charge < -0.3 is 15.0 Å². The van der Waals surface area contributed by atoms with Crippen LogP contribution < -0.4 is 10.2 Å². The summed E-state index contributed by atoms with van der Waals surface area (Å²) in [5.41, 5.74) is 3.80. The van der Waals surface area contributed by atoms with Gasteiger partial charge in [-0.25, -0.2) is 9.97 Å². The van der Waals surface area contributed by atoms with Crippen molar-refractivity contribution in [2.24, 2.45) is 0 Å². The number of nitrogens with one attached hydrogen (secondary N) is 2. The minimum absolute atomic E-state index is 0.836. The zero-order valence-corrected chi connectivity index (χ0v) is 18.8. The van der Waals surface area contributed by atoms with Gasteiger partial charge in [0.25, 0.3) is 0 Å². The van der Waals surface area contributed by atoms with Crippen molar-refractivity contribution in [1.29, 1.82) is 0 Å². The summed E-state index contributed by atoms with van der Waals surface area (Å²) in [6, 6.07) is 2.14. The lowest BCUT2D eigenvalue weighted by Crippen LogP contribution is -3.12. The van der Waals surface area contributed by atoms with E-state index >= 15 is 0 Å². The van der Waals surface area contributed by atoms with Gasteiger partial charge in [0.2, 0.25) is 0 Å². The molecule has 5 rings (SSSR count). The molecular formula is C22H31N6OS+. The molecule has 1 fully saturated rings. The summed E-state index contributed by atoms with van der Waals surface area (Å²) in [5.74, 6) is 2.00. The third kappa shape index (κ3) is 4.08. The zero-order valence-electron chi connectivity index (χ0n) is 18.0. The van der Waals surface area contributed by atoms with Crippen LogP contribution in [0.15, 0.2) is 6.07 Å². The SMILES string of the molecule is Cc1cc(C)n(CCCNc2nc(C[NH+]3CCOCC3)nc3sc4c(c23)CCC4)n1. The quantitative estimate of drug-likeness (QED) is 0.564. The number of aromatic nitrogens is 4. The average Bonchev–Trinajstić information content (AvgIpc) is 3.40. The average molecular weight is 428 g/mol. The van der Waals surface area contributed by atoms with Crippen molar-refractivity contribution in [2.45, 2.75) is 52.6 Å². The lowest BCUT2D eigenvalue weighted by atomic mass is 10.2. The number of rotatable bonds is 7. The number of hydrogen-bond acceptors (Lipinski definition) is 6. The van der Waals surface area contributed by atoms with E-state index in [2.05, 4.69) is 35.0 Å². The molecule has 0 amide bonds. The summed E-state index contributed by atoms with van der Waals surface area (Å²) in [7, 11) is 0. The number of hydrogen-bond donors (Lipinski definition) is 2. The lowest BCUT2D eigenvalue weighted by molar-refractivity contribution is -0.922. The van der Waals surface area contributed by atoms with Crippen LogP contribution in [0.4, 0.5) is 5.82 Å². The molecule has 1 saturated heterocycles. The topological polar surface area (TPSA) is 69.3 Å². The molecule has 3 aromatic heterocycles. The highest BCUT2D eigenvalue weighted by atomic mass is 32.1. The van der Waals surface area contributed by atoms with Crippen molar-refractivity contribution in [3.8, 4) is 0 Å². The normalized spacial score (nSPS) is 17.0. The van der Waals surface area contributed by atoms with Gasteiger partial charge in [0.15, 0.2) is 5.82 Å². The number of aryl methyl sites for hydroxylation is 5.